The number of benzene rings is 1. The van der Waals surface area contributed by atoms with Crippen molar-refractivity contribution in [2.75, 3.05) is 26.8 Å². The van der Waals surface area contributed by atoms with Crippen LogP contribution in [0.4, 0.5) is 4.39 Å². The Hall–Kier alpha value is -1.02. The molecule has 1 aromatic rings. The molecule has 20 heavy (non-hydrogen) atoms. The SMILES string of the molecule is COCC1CCN(S(=O)(=O)c2ccc(CO)cc2F)C1. The van der Waals surface area contributed by atoms with Crippen LogP contribution in [0, 0.1) is 11.7 Å². The summed E-state index contributed by atoms with van der Waals surface area (Å²) in [6.45, 7) is 0.893. The molecule has 1 atom stereocenters. The Balaban J connectivity index is 2.23. The number of hydrogen-bond acceptors (Lipinski definition) is 4. The van der Waals surface area contributed by atoms with E-state index in [1.54, 1.807) is 7.11 Å². The number of nitrogens with zero attached hydrogens (tertiary/aromatic N) is 1. The third-order valence-corrected chi connectivity index (χ3v) is 5.35. The molecule has 1 fully saturated rings. The first-order valence-electron chi connectivity index (χ1n) is 6.37. The predicted molar refractivity (Wildman–Crippen MR) is 71.1 cm³/mol. The summed E-state index contributed by atoms with van der Waals surface area (Å²) in [5, 5.41) is 8.92. The van der Waals surface area contributed by atoms with Gasteiger partial charge in [0, 0.05) is 20.2 Å². The van der Waals surface area contributed by atoms with E-state index >= 15 is 0 Å². The maximum Gasteiger partial charge on any atom is 0.245 e. The second-order valence-corrected chi connectivity index (χ2v) is 6.80. The van der Waals surface area contributed by atoms with Gasteiger partial charge in [-0.2, -0.15) is 4.31 Å². The van der Waals surface area contributed by atoms with Crippen LogP contribution in [0.3, 0.4) is 0 Å². The van der Waals surface area contributed by atoms with Crippen molar-refractivity contribution < 1.29 is 22.7 Å². The molecule has 1 heterocycles. The Kier molecular flexibility index (Phi) is 4.74. The molecule has 1 aromatic carbocycles. The fourth-order valence-electron chi connectivity index (χ4n) is 2.38. The Labute approximate surface area is 118 Å². The van der Waals surface area contributed by atoms with Crippen LogP contribution in [-0.2, 0) is 21.4 Å². The van der Waals surface area contributed by atoms with Crippen molar-refractivity contribution in [2.24, 2.45) is 5.92 Å². The lowest BCUT2D eigenvalue weighted by atomic mass is 10.1. The van der Waals surface area contributed by atoms with Crippen molar-refractivity contribution in [3.8, 4) is 0 Å². The van der Waals surface area contributed by atoms with Gasteiger partial charge in [0.25, 0.3) is 0 Å². The van der Waals surface area contributed by atoms with E-state index in [-0.39, 0.29) is 17.4 Å². The fourth-order valence-corrected chi connectivity index (χ4v) is 3.95. The molecule has 0 aliphatic carbocycles. The van der Waals surface area contributed by atoms with Crippen LogP contribution >= 0.6 is 0 Å². The van der Waals surface area contributed by atoms with Crippen LogP contribution in [0.15, 0.2) is 23.1 Å². The highest BCUT2D eigenvalue weighted by molar-refractivity contribution is 7.89. The topological polar surface area (TPSA) is 66.8 Å². The van der Waals surface area contributed by atoms with Crippen LogP contribution in [0.1, 0.15) is 12.0 Å². The molecule has 5 nitrogen and oxygen atoms in total. The predicted octanol–water partition coefficient (Wildman–Crippen LogP) is 0.975. The average Bonchev–Trinajstić information content (AvgIpc) is 2.88. The highest BCUT2D eigenvalue weighted by atomic mass is 32.2. The maximum absolute atomic E-state index is 13.9. The van der Waals surface area contributed by atoms with Crippen molar-refractivity contribution in [3.05, 3.63) is 29.6 Å². The number of methoxy groups -OCH3 is 1. The molecule has 0 amide bonds. The zero-order chi connectivity index (χ0) is 14.8. The van der Waals surface area contributed by atoms with Crippen LogP contribution in [0.25, 0.3) is 0 Å². The molecular weight excluding hydrogens is 285 g/mol. The van der Waals surface area contributed by atoms with E-state index in [2.05, 4.69) is 0 Å². The minimum atomic E-state index is -3.82. The number of aliphatic hydroxyl groups is 1. The van der Waals surface area contributed by atoms with E-state index < -0.39 is 15.8 Å². The van der Waals surface area contributed by atoms with Gasteiger partial charge in [0.05, 0.1) is 13.2 Å². The molecule has 0 saturated carbocycles. The van der Waals surface area contributed by atoms with Crippen LogP contribution < -0.4 is 0 Å². The van der Waals surface area contributed by atoms with Crippen LogP contribution in [-0.4, -0.2) is 44.6 Å². The minimum absolute atomic E-state index is 0.148. The third kappa shape index (κ3) is 3.01. The summed E-state index contributed by atoms with van der Waals surface area (Å²) >= 11 is 0. The van der Waals surface area contributed by atoms with Gasteiger partial charge in [-0.25, -0.2) is 12.8 Å². The highest BCUT2D eigenvalue weighted by Gasteiger charge is 2.34. The molecule has 1 N–H and O–H groups in total. The summed E-state index contributed by atoms with van der Waals surface area (Å²) < 4.78 is 45.0. The molecule has 0 radical (unpaired) electrons. The van der Waals surface area contributed by atoms with E-state index in [0.29, 0.717) is 31.7 Å². The van der Waals surface area contributed by atoms with Crippen molar-refractivity contribution in [3.63, 3.8) is 0 Å². The van der Waals surface area contributed by atoms with E-state index in [9.17, 15) is 12.8 Å². The number of halogens is 1. The number of ether oxygens (including phenoxy) is 1. The lowest BCUT2D eigenvalue weighted by molar-refractivity contribution is 0.157. The molecular formula is C13H18FNO4S. The molecule has 1 saturated heterocycles. The van der Waals surface area contributed by atoms with Gasteiger partial charge in [-0.05, 0) is 30.0 Å². The lowest BCUT2D eigenvalue weighted by Gasteiger charge is -2.17. The minimum Gasteiger partial charge on any atom is -0.392 e. The first-order valence-corrected chi connectivity index (χ1v) is 7.81. The second kappa shape index (κ2) is 6.17. The van der Waals surface area contributed by atoms with Crippen molar-refractivity contribution >= 4 is 10.0 Å². The second-order valence-electron chi connectivity index (χ2n) is 4.90. The standard InChI is InChI=1S/C13H18FNO4S/c1-19-9-11-4-5-15(7-11)20(17,18)13-3-2-10(8-16)6-12(13)14/h2-3,6,11,16H,4-5,7-9H2,1H3. The number of hydrogen-bond donors (Lipinski definition) is 1. The summed E-state index contributed by atoms with van der Waals surface area (Å²) in [5.74, 6) is -0.679. The van der Waals surface area contributed by atoms with E-state index in [0.717, 1.165) is 6.07 Å². The summed E-state index contributed by atoms with van der Waals surface area (Å²) in [6.07, 6.45) is 0.712. The Bertz CT molecular complexity index is 576. The molecule has 112 valence electrons. The number of rotatable bonds is 5. The first kappa shape index (κ1) is 15.4. The van der Waals surface area contributed by atoms with Gasteiger partial charge < -0.3 is 9.84 Å². The average molecular weight is 303 g/mol. The van der Waals surface area contributed by atoms with Gasteiger partial charge in [-0.3, -0.25) is 0 Å². The lowest BCUT2D eigenvalue weighted by Crippen LogP contribution is -2.30. The molecule has 2 rings (SSSR count). The van der Waals surface area contributed by atoms with Gasteiger partial charge in [0.2, 0.25) is 10.0 Å². The summed E-state index contributed by atoms with van der Waals surface area (Å²) in [6, 6.07) is 3.67. The molecule has 1 unspecified atom stereocenters. The molecule has 1 aliphatic heterocycles. The quantitative estimate of drug-likeness (QED) is 0.880. The summed E-state index contributed by atoms with van der Waals surface area (Å²) in [4.78, 5) is -0.340. The van der Waals surface area contributed by atoms with Gasteiger partial charge in [-0.1, -0.05) is 6.07 Å². The first-order chi connectivity index (χ1) is 9.48. The van der Waals surface area contributed by atoms with E-state index in [1.165, 1.54) is 16.4 Å². The van der Waals surface area contributed by atoms with Crippen LogP contribution in [0.2, 0.25) is 0 Å². The molecule has 0 bridgehead atoms. The number of aliphatic hydroxyl groups excluding tert-OH is 1. The van der Waals surface area contributed by atoms with E-state index in [4.69, 9.17) is 9.84 Å². The maximum atomic E-state index is 13.9. The van der Waals surface area contributed by atoms with Crippen molar-refractivity contribution in [1.82, 2.24) is 4.31 Å². The monoisotopic (exact) mass is 303 g/mol. The smallest absolute Gasteiger partial charge is 0.245 e. The third-order valence-electron chi connectivity index (χ3n) is 3.45. The molecule has 7 heteroatoms. The fraction of sp³-hybridized carbons (Fsp3) is 0.538. The zero-order valence-corrected chi connectivity index (χ0v) is 12.1. The van der Waals surface area contributed by atoms with Gasteiger partial charge in [0.1, 0.15) is 10.7 Å². The largest absolute Gasteiger partial charge is 0.392 e. The Morgan fingerprint density at radius 2 is 2.25 bits per heavy atom. The normalized spacial score (nSPS) is 20.4. The van der Waals surface area contributed by atoms with Gasteiger partial charge >= 0.3 is 0 Å². The highest BCUT2D eigenvalue weighted by Crippen LogP contribution is 2.26. The van der Waals surface area contributed by atoms with Gasteiger partial charge in [-0.15, -0.1) is 0 Å². The summed E-state index contributed by atoms with van der Waals surface area (Å²) in [7, 11) is -2.25. The molecule has 0 aromatic heterocycles. The van der Waals surface area contributed by atoms with Crippen LogP contribution in [0.5, 0.6) is 0 Å². The van der Waals surface area contributed by atoms with E-state index in [1.807, 2.05) is 0 Å². The zero-order valence-electron chi connectivity index (χ0n) is 11.3. The molecule has 0 spiro atoms. The molecule has 1 aliphatic rings. The Morgan fingerprint density at radius 1 is 1.50 bits per heavy atom. The Morgan fingerprint density at radius 3 is 2.85 bits per heavy atom. The number of sulfonamides is 1. The van der Waals surface area contributed by atoms with Crippen molar-refractivity contribution in [1.29, 1.82) is 0 Å². The summed E-state index contributed by atoms with van der Waals surface area (Å²) in [5.41, 5.74) is 0.347. The van der Waals surface area contributed by atoms with Gasteiger partial charge in [0.15, 0.2) is 0 Å². The van der Waals surface area contributed by atoms with Crippen molar-refractivity contribution in [2.45, 2.75) is 17.9 Å².